The zero-order valence-corrected chi connectivity index (χ0v) is 20.5. The van der Waals surface area contributed by atoms with E-state index in [0.717, 1.165) is 37.8 Å². The maximum atomic E-state index is 12.8. The van der Waals surface area contributed by atoms with Crippen molar-refractivity contribution in [3.05, 3.63) is 23.8 Å². The van der Waals surface area contributed by atoms with E-state index >= 15 is 0 Å². The SMILES string of the molecule is CCNC(=NCc1cccc(OC)c1OC)NCC1(C(=O)N(C)C)CCCC1.I. The van der Waals surface area contributed by atoms with Gasteiger partial charge in [0.1, 0.15) is 0 Å². The van der Waals surface area contributed by atoms with Crippen molar-refractivity contribution in [2.75, 3.05) is 41.4 Å². The molecule has 1 fully saturated rings. The van der Waals surface area contributed by atoms with Crippen molar-refractivity contribution in [2.24, 2.45) is 10.4 Å². The molecular formula is C21H35IN4O3. The fourth-order valence-corrected chi connectivity index (χ4v) is 3.83. The number of guanidine groups is 1. The highest BCUT2D eigenvalue weighted by Gasteiger charge is 2.42. The number of nitrogens with one attached hydrogen (secondary N) is 2. The molecule has 0 bridgehead atoms. The summed E-state index contributed by atoms with van der Waals surface area (Å²) < 4.78 is 10.9. The number of aliphatic imine (C=N–C) groups is 1. The van der Waals surface area contributed by atoms with Crippen molar-refractivity contribution < 1.29 is 14.3 Å². The molecule has 0 unspecified atom stereocenters. The fraction of sp³-hybridized carbons (Fsp3) is 0.619. The quantitative estimate of drug-likeness (QED) is 0.315. The third kappa shape index (κ3) is 6.38. The lowest BCUT2D eigenvalue weighted by Crippen LogP contribution is -2.49. The molecule has 29 heavy (non-hydrogen) atoms. The Morgan fingerprint density at radius 2 is 1.86 bits per heavy atom. The number of carbonyl (C=O) groups is 1. The average molecular weight is 518 g/mol. The van der Waals surface area contributed by atoms with Crippen molar-refractivity contribution in [1.29, 1.82) is 0 Å². The Morgan fingerprint density at radius 3 is 2.41 bits per heavy atom. The molecule has 164 valence electrons. The minimum atomic E-state index is -0.340. The lowest BCUT2D eigenvalue weighted by Gasteiger charge is -2.31. The average Bonchev–Trinajstić information content (AvgIpc) is 3.18. The largest absolute Gasteiger partial charge is 0.493 e. The van der Waals surface area contributed by atoms with Gasteiger partial charge in [0, 0.05) is 32.7 Å². The molecule has 0 spiro atoms. The van der Waals surface area contributed by atoms with Crippen LogP contribution in [0, 0.1) is 5.41 Å². The zero-order chi connectivity index (χ0) is 20.6. The van der Waals surface area contributed by atoms with E-state index < -0.39 is 0 Å². The molecule has 8 heteroatoms. The maximum Gasteiger partial charge on any atom is 0.230 e. The summed E-state index contributed by atoms with van der Waals surface area (Å²) in [6, 6.07) is 5.77. The molecule has 0 radical (unpaired) electrons. The first-order valence-electron chi connectivity index (χ1n) is 9.91. The van der Waals surface area contributed by atoms with Crippen LogP contribution in [0.2, 0.25) is 0 Å². The molecule has 1 aromatic carbocycles. The Balaban J connectivity index is 0.00000420. The minimum absolute atomic E-state index is 0. The van der Waals surface area contributed by atoms with Gasteiger partial charge in [-0.15, -0.1) is 24.0 Å². The monoisotopic (exact) mass is 518 g/mol. The summed E-state index contributed by atoms with van der Waals surface area (Å²) in [5.74, 6) is 2.28. The number of carbonyl (C=O) groups excluding carboxylic acids is 1. The van der Waals surface area contributed by atoms with Crippen LogP contribution < -0.4 is 20.1 Å². The first-order valence-corrected chi connectivity index (χ1v) is 9.91. The van der Waals surface area contributed by atoms with Gasteiger partial charge in [-0.3, -0.25) is 4.79 Å². The first-order chi connectivity index (χ1) is 13.5. The number of amides is 1. The van der Waals surface area contributed by atoms with Crippen LogP contribution in [0.3, 0.4) is 0 Å². The summed E-state index contributed by atoms with van der Waals surface area (Å²) in [7, 11) is 6.91. The number of halogens is 1. The molecule has 1 aliphatic carbocycles. The lowest BCUT2D eigenvalue weighted by atomic mass is 9.84. The van der Waals surface area contributed by atoms with Crippen LogP contribution in [0.15, 0.2) is 23.2 Å². The molecule has 1 saturated carbocycles. The molecule has 0 atom stereocenters. The second-order valence-corrected chi connectivity index (χ2v) is 7.39. The van der Waals surface area contributed by atoms with E-state index in [1.807, 2.05) is 39.2 Å². The van der Waals surface area contributed by atoms with E-state index in [-0.39, 0.29) is 35.3 Å². The van der Waals surface area contributed by atoms with Gasteiger partial charge in [-0.2, -0.15) is 0 Å². The van der Waals surface area contributed by atoms with Gasteiger partial charge in [0.2, 0.25) is 5.91 Å². The van der Waals surface area contributed by atoms with Gasteiger partial charge in [-0.1, -0.05) is 25.0 Å². The number of ether oxygens (including phenoxy) is 2. The second kappa shape index (κ2) is 12.1. The predicted molar refractivity (Wildman–Crippen MR) is 127 cm³/mol. The number of methoxy groups -OCH3 is 2. The van der Waals surface area contributed by atoms with E-state index in [1.165, 1.54) is 0 Å². The van der Waals surface area contributed by atoms with Crippen LogP contribution in [0.4, 0.5) is 0 Å². The Hall–Kier alpha value is -1.71. The summed E-state index contributed by atoms with van der Waals surface area (Å²) in [5.41, 5.74) is 0.604. The van der Waals surface area contributed by atoms with Gasteiger partial charge in [0.05, 0.1) is 26.2 Å². The van der Waals surface area contributed by atoms with Gasteiger partial charge < -0.3 is 25.0 Å². The van der Waals surface area contributed by atoms with Gasteiger partial charge in [-0.05, 0) is 25.8 Å². The van der Waals surface area contributed by atoms with E-state index in [0.29, 0.717) is 30.5 Å². The molecule has 2 N–H and O–H groups in total. The molecule has 0 aromatic heterocycles. The summed E-state index contributed by atoms with van der Waals surface area (Å²) >= 11 is 0. The fourth-order valence-electron chi connectivity index (χ4n) is 3.83. The number of nitrogens with zero attached hydrogens (tertiary/aromatic N) is 2. The van der Waals surface area contributed by atoms with Crippen LogP contribution in [0.5, 0.6) is 11.5 Å². The summed E-state index contributed by atoms with van der Waals surface area (Å²) in [4.78, 5) is 19.2. The van der Waals surface area contributed by atoms with Crippen LogP contribution >= 0.6 is 24.0 Å². The maximum absolute atomic E-state index is 12.8. The first kappa shape index (κ1) is 25.3. The Kier molecular flexibility index (Phi) is 10.6. The predicted octanol–water partition coefficient (Wildman–Crippen LogP) is 3.03. The number of hydrogen-bond acceptors (Lipinski definition) is 4. The number of rotatable bonds is 8. The minimum Gasteiger partial charge on any atom is -0.493 e. The third-order valence-electron chi connectivity index (χ3n) is 5.25. The molecule has 1 aromatic rings. The molecule has 7 nitrogen and oxygen atoms in total. The lowest BCUT2D eigenvalue weighted by molar-refractivity contribution is -0.138. The number of hydrogen-bond donors (Lipinski definition) is 2. The molecule has 0 aliphatic heterocycles. The van der Waals surface area contributed by atoms with Crippen LogP contribution in [-0.2, 0) is 11.3 Å². The van der Waals surface area contributed by atoms with Crippen molar-refractivity contribution in [3.63, 3.8) is 0 Å². The van der Waals surface area contributed by atoms with E-state index in [1.54, 1.807) is 19.1 Å². The second-order valence-electron chi connectivity index (χ2n) is 7.39. The van der Waals surface area contributed by atoms with Crippen LogP contribution in [0.1, 0.15) is 38.2 Å². The molecule has 2 rings (SSSR count). The molecule has 1 aliphatic rings. The van der Waals surface area contributed by atoms with E-state index in [2.05, 4.69) is 10.6 Å². The van der Waals surface area contributed by atoms with Gasteiger partial charge in [0.25, 0.3) is 0 Å². The van der Waals surface area contributed by atoms with Gasteiger partial charge in [0.15, 0.2) is 17.5 Å². The summed E-state index contributed by atoms with van der Waals surface area (Å²) in [5, 5.41) is 6.67. The summed E-state index contributed by atoms with van der Waals surface area (Å²) in [6.07, 6.45) is 4.02. The van der Waals surface area contributed by atoms with Crippen molar-refractivity contribution in [2.45, 2.75) is 39.2 Å². The van der Waals surface area contributed by atoms with Crippen LogP contribution in [0.25, 0.3) is 0 Å². The van der Waals surface area contributed by atoms with Crippen molar-refractivity contribution in [3.8, 4) is 11.5 Å². The van der Waals surface area contributed by atoms with Crippen LogP contribution in [-0.4, -0.2) is 58.2 Å². The molecular weight excluding hydrogens is 483 g/mol. The molecule has 0 saturated heterocycles. The Bertz CT molecular complexity index is 689. The zero-order valence-electron chi connectivity index (χ0n) is 18.2. The summed E-state index contributed by atoms with van der Waals surface area (Å²) in [6.45, 7) is 3.81. The molecule has 1 amide bonds. The molecule has 0 heterocycles. The Labute approximate surface area is 191 Å². The topological polar surface area (TPSA) is 75.2 Å². The smallest absolute Gasteiger partial charge is 0.230 e. The van der Waals surface area contributed by atoms with Crippen molar-refractivity contribution in [1.82, 2.24) is 15.5 Å². The van der Waals surface area contributed by atoms with Crippen molar-refractivity contribution >= 4 is 35.8 Å². The Morgan fingerprint density at radius 1 is 1.17 bits per heavy atom. The normalized spacial score (nSPS) is 15.3. The third-order valence-corrected chi connectivity index (χ3v) is 5.25. The number of benzene rings is 1. The highest BCUT2D eigenvalue weighted by atomic mass is 127. The standard InChI is InChI=1S/C21H34N4O3.HI/c1-6-22-20(23-14-16-10-9-11-17(27-4)18(16)28-5)24-15-21(12-7-8-13-21)19(26)25(2)3;/h9-11H,6-8,12-15H2,1-5H3,(H2,22,23,24);1H. The van der Waals surface area contributed by atoms with Gasteiger partial charge in [-0.25, -0.2) is 4.99 Å². The number of para-hydroxylation sites is 1. The highest BCUT2D eigenvalue weighted by Crippen LogP contribution is 2.39. The van der Waals surface area contributed by atoms with Gasteiger partial charge >= 0.3 is 0 Å². The van der Waals surface area contributed by atoms with E-state index in [9.17, 15) is 4.79 Å². The van der Waals surface area contributed by atoms with E-state index in [4.69, 9.17) is 14.5 Å². The highest BCUT2D eigenvalue weighted by molar-refractivity contribution is 14.0.